The maximum absolute atomic E-state index is 5.39. The molecule has 0 spiro atoms. The summed E-state index contributed by atoms with van der Waals surface area (Å²) in [6, 6.07) is 32.3. The molecule has 1 aliphatic heterocycles. The highest BCUT2D eigenvalue weighted by Gasteiger charge is 2.18. The lowest BCUT2D eigenvalue weighted by molar-refractivity contribution is 0.450. The van der Waals surface area contributed by atoms with Gasteiger partial charge >= 0.3 is 0 Å². The summed E-state index contributed by atoms with van der Waals surface area (Å²) in [5.41, 5.74) is 8.53. The predicted molar refractivity (Wildman–Crippen MR) is 154 cm³/mol. The summed E-state index contributed by atoms with van der Waals surface area (Å²) in [4.78, 5) is 10.5. The van der Waals surface area contributed by atoms with Gasteiger partial charge in [-0.25, -0.2) is 4.98 Å². The van der Waals surface area contributed by atoms with Crippen molar-refractivity contribution in [3.63, 3.8) is 0 Å². The third kappa shape index (κ3) is 5.15. The van der Waals surface area contributed by atoms with Crippen molar-refractivity contribution in [1.82, 2.24) is 9.55 Å². The van der Waals surface area contributed by atoms with Gasteiger partial charge in [-0.1, -0.05) is 74.6 Å². The molecule has 0 aromatic heterocycles. The number of nitrogens with one attached hydrogen (secondary N) is 1. The molecular formula is C33H34N4. The molecule has 0 unspecified atom stereocenters. The average molecular weight is 487 g/mol. The summed E-state index contributed by atoms with van der Waals surface area (Å²) in [5, 5.41) is 4.67. The Morgan fingerprint density at radius 3 is 2.24 bits per heavy atom. The smallest absolute Gasteiger partial charge is 0.0900 e. The van der Waals surface area contributed by atoms with E-state index in [1.165, 1.54) is 37.7 Å². The van der Waals surface area contributed by atoms with Crippen LogP contribution < -0.4 is 10.7 Å². The quantitative estimate of drug-likeness (QED) is 0.260. The van der Waals surface area contributed by atoms with Crippen molar-refractivity contribution in [2.24, 2.45) is 4.99 Å². The molecule has 6 rings (SSSR count). The van der Waals surface area contributed by atoms with E-state index in [0.29, 0.717) is 6.04 Å². The number of aryl methyl sites for hydroxylation is 1. The van der Waals surface area contributed by atoms with E-state index in [2.05, 4.69) is 102 Å². The van der Waals surface area contributed by atoms with E-state index in [0.717, 1.165) is 57.7 Å². The minimum atomic E-state index is 0.357. The Balaban J connectivity index is 1.61. The van der Waals surface area contributed by atoms with Crippen LogP contribution in [0.4, 0.5) is 11.4 Å². The van der Waals surface area contributed by atoms with Gasteiger partial charge in [0.05, 0.1) is 39.5 Å². The van der Waals surface area contributed by atoms with Crippen LogP contribution in [0.5, 0.6) is 0 Å². The number of anilines is 2. The summed E-state index contributed by atoms with van der Waals surface area (Å²) in [5.74, 6) is 0. The van der Waals surface area contributed by atoms with Gasteiger partial charge in [0.1, 0.15) is 0 Å². The molecule has 1 saturated carbocycles. The first-order valence-corrected chi connectivity index (χ1v) is 13.6. The van der Waals surface area contributed by atoms with Crippen molar-refractivity contribution in [3.05, 3.63) is 102 Å². The molecule has 0 saturated heterocycles. The van der Waals surface area contributed by atoms with Crippen LogP contribution in [0.1, 0.15) is 50.5 Å². The zero-order valence-corrected chi connectivity index (χ0v) is 21.5. The minimum Gasteiger partial charge on any atom is -0.354 e. The van der Waals surface area contributed by atoms with Crippen molar-refractivity contribution >= 4 is 22.4 Å². The average Bonchev–Trinajstić information content (AvgIpc) is 2.90. The first-order chi connectivity index (χ1) is 18.2. The molecule has 0 amide bonds. The minimum absolute atomic E-state index is 0.357. The fourth-order valence-corrected chi connectivity index (χ4v) is 5.51. The fraction of sp³-hybridized carbons (Fsp3) is 0.273. The second-order valence-electron chi connectivity index (χ2n) is 10.3. The van der Waals surface area contributed by atoms with Crippen LogP contribution in [0.3, 0.4) is 0 Å². The maximum atomic E-state index is 5.39. The highest BCUT2D eigenvalue weighted by molar-refractivity contribution is 5.84. The van der Waals surface area contributed by atoms with Crippen LogP contribution in [0, 0.1) is 6.92 Å². The van der Waals surface area contributed by atoms with E-state index >= 15 is 0 Å². The van der Waals surface area contributed by atoms with Gasteiger partial charge in [0.15, 0.2) is 0 Å². The summed E-state index contributed by atoms with van der Waals surface area (Å²) in [6.07, 6.45) is 8.86. The first kappa shape index (κ1) is 23.5. The van der Waals surface area contributed by atoms with Crippen molar-refractivity contribution in [3.8, 4) is 17.1 Å². The van der Waals surface area contributed by atoms with E-state index in [9.17, 15) is 0 Å². The summed E-state index contributed by atoms with van der Waals surface area (Å²) in [6.45, 7) is 2.12. The number of nitrogens with zero attached hydrogens (tertiary/aromatic N) is 3. The predicted octanol–water partition coefficient (Wildman–Crippen LogP) is 8.20. The molecule has 0 bridgehead atoms. The third-order valence-corrected chi connectivity index (χ3v) is 7.41. The maximum Gasteiger partial charge on any atom is 0.0900 e. The van der Waals surface area contributed by atoms with E-state index < -0.39 is 0 Å². The Kier molecular flexibility index (Phi) is 6.72. The Hall–Kier alpha value is -3.92. The number of benzene rings is 4. The van der Waals surface area contributed by atoms with E-state index in [1.807, 2.05) is 6.07 Å². The zero-order chi connectivity index (χ0) is 25.0. The van der Waals surface area contributed by atoms with Crippen LogP contribution in [0.15, 0.2) is 96.0 Å². The number of hydrogen-bond donors (Lipinski definition) is 1. The normalized spacial score (nSPS) is 15.5. The number of para-hydroxylation sites is 2. The number of aromatic nitrogens is 2. The molecule has 1 fully saturated rings. The van der Waals surface area contributed by atoms with Gasteiger partial charge in [0.2, 0.25) is 0 Å². The van der Waals surface area contributed by atoms with E-state index in [1.54, 1.807) is 0 Å². The lowest BCUT2D eigenvalue weighted by atomic mass is 9.97. The Morgan fingerprint density at radius 1 is 0.784 bits per heavy atom. The summed E-state index contributed by atoms with van der Waals surface area (Å²) >= 11 is 0. The molecule has 4 heteroatoms. The number of fused-ring (bicyclic) bond motifs is 2. The SMILES string of the molecule is Cc1ccc2c(c1)nc1cc(Nc3ccccc3)c(=NC3CCCCCCC3)cc-1n2-c1ccccc1. The van der Waals surface area contributed by atoms with Crippen LogP contribution in [0.2, 0.25) is 0 Å². The molecule has 1 heterocycles. The topological polar surface area (TPSA) is 42.2 Å². The van der Waals surface area contributed by atoms with E-state index in [-0.39, 0.29) is 0 Å². The second-order valence-corrected chi connectivity index (χ2v) is 10.3. The summed E-state index contributed by atoms with van der Waals surface area (Å²) < 4.78 is 2.33. The lowest BCUT2D eigenvalue weighted by Gasteiger charge is -2.21. The second kappa shape index (κ2) is 10.6. The molecule has 0 atom stereocenters. The molecule has 3 aromatic rings. The largest absolute Gasteiger partial charge is 0.354 e. The molecule has 37 heavy (non-hydrogen) atoms. The van der Waals surface area contributed by atoms with Gasteiger partial charge in [-0.05, 0) is 73.9 Å². The van der Waals surface area contributed by atoms with Gasteiger partial charge < -0.3 is 9.88 Å². The van der Waals surface area contributed by atoms with Gasteiger partial charge in [0.25, 0.3) is 0 Å². The van der Waals surface area contributed by atoms with Gasteiger partial charge in [-0.15, -0.1) is 0 Å². The van der Waals surface area contributed by atoms with Gasteiger partial charge in [-0.3, -0.25) is 4.99 Å². The molecule has 1 N–H and O–H groups in total. The molecule has 2 aliphatic carbocycles. The van der Waals surface area contributed by atoms with E-state index in [4.69, 9.17) is 9.98 Å². The molecule has 0 radical (unpaired) electrons. The monoisotopic (exact) mass is 486 g/mol. The lowest BCUT2D eigenvalue weighted by Crippen LogP contribution is -2.19. The van der Waals surface area contributed by atoms with Crippen LogP contribution >= 0.6 is 0 Å². The summed E-state index contributed by atoms with van der Waals surface area (Å²) in [7, 11) is 0. The molecule has 3 aromatic carbocycles. The van der Waals surface area contributed by atoms with Crippen molar-refractivity contribution in [2.45, 2.75) is 57.9 Å². The van der Waals surface area contributed by atoms with Gasteiger partial charge in [0, 0.05) is 11.4 Å². The van der Waals surface area contributed by atoms with Crippen molar-refractivity contribution in [2.75, 3.05) is 5.32 Å². The molecule has 4 nitrogen and oxygen atoms in total. The Morgan fingerprint density at radius 2 is 1.49 bits per heavy atom. The fourth-order valence-electron chi connectivity index (χ4n) is 5.51. The molecule has 186 valence electrons. The van der Waals surface area contributed by atoms with Crippen LogP contribution in [-0.2, 0) is 0 Å². The number of hydrogen-bond acceptors (Lipinski definition) is 3. The zero-order valence-electron chi connectivity index (χ0n) is 21.5. The first-order valence-electron chi connectivity index (χ1n) is 13.6. The Bertz CT molecular complexity index is 1530. The Labute approximate surface area is 219 Å². The molecule has 3 aliphatic rings. The number of rotatable bonds is 4. The highest BCUT2D eigenvalue weighted by atomic mass is 15.0. The van der Waals surface area contributed by atoms with Crippen LogP contribution in [0.25, 0.3) is 28.1 Å². The third-order valence-electron chi connectivity index (χ3n) is 7.41. The standard InChI is InChI=1S/C33H34N4/c1-24-19-20-32-30(21-24)36-31-22-28(34-25-15-9-5-10-16-25)29(35-26-13-7-3-2-4-8-14-26)23-33(31)37(32)27-17-11-6-12-18-27/h5-6,9-12,15-23,26,34H,2-4,7-8,13-14H2,1H3. The van der Waals surface area contributed by atoms with Crippen molar-refractivity contribution in [1.29, 1.82) is 0 Å². The molecular weight excluding hydrogens is 452 g/mol. The van der Waals surface area contributed by atoms with Gasteiger partial charge in [-0.2, -0.15) is 0 Å². The highest BCUT2D eigenvalue weighted by Crippen LogP contribution is 2.31. The van der Waals surface area contributed by atoms with Crippen LogP contribution in [-0.4, -0.2) is 15.6 Å². The van der Waals surface area contributed by atoms with Crippen molar-refractivity contribution < 1.29 is 0 Å².